The first-order valence-corrected chi connectivity index (χ1v) is 12.3. The molecule has 1 aromatic rings. The van der Waals surface area contributed by atoms with Crippen LogP contribution in [-0.2, 0) is 19.1 Å². The fourth-order valence-electron chi connectivity index (χ4n) is 3.12. The van der Waals surface area contributed by atoms with Gasteiger partial charge in [-0.2, -0.15) is 0 Å². The van der Waals surface area contributed by atoms with Gasteiger partial charge in [-0.1, -0.05) is 40.7 Å². The number of thioether (sulfide) groups is 1. The van der Waals surface area contributed by atoms with Crippen LogP contribution in [0, 0.1) is 23.2 Å². The summed E-state index contributed by atoms with van der Waals surface area (Å²) in [7, 11) is 0. The van der Waals surface area contributed by atoms with Crippen LogP contribution >= 0.6 is 23.1 Å². The summed E-state index contributed by atoms with van der Waals surface area (Å²) in [6.45, 7) is 13.0. The first-order chi connectivity index (χ1) is 14.4. The SMILES string of the molecule is CC(C)C[C@@H](C(=O)N[C@H](C(=O)OC(C)C)C(C)(C)C)[C@H](CSc1cccs1)C(=O)NO. The van der Waals surface area contributed by atoms with Crippen LogP contribution < -0.4 is 10.8 Å². The van der Waals surface area contributed by atoms with Crippen molar-refractivity contribution in [2.75, 3.05) is 5.75 Å². The summed E-state index contributed by atoms with van der Waals surface area (Å²) in [6.07, 6.45) is 0.126. The molecule has 3 N–H and O–H groups in total. The van der Waals surface area contributed by atoms with E-state index in [1.807, 2.05) is 52.1 Å². The number of hydrogen-bond acceptors (Lipinski definition) is 7. The molecular formula is C22H36N2O5S2. The summed E-state index contributed by atoms with van der Waals surface area (Å²) in [5.74, 6) is -2.52. The number of hydrogen-bond donors (Lipinski definition) is 3. The Morgan fingerprint density at radius 3 is 2.23 bits per heavy atom. The summed E-state index contributed by atoms with van der Waals surface area (Å²) in [5.41, 5.74) is 1.14. The number of nitrogens with one attached hydrogen (secondary N) is 2. The molecule has 7 nitrogen and oxygen atoms in total. The Balaban J connectivity index is 3.14. The van der Waals surface area contributed by atoms with E-state index in [0.717, 1.165) is 4.21 Å². The second-order valence-electron chi connectivity index (χ2n) is 9.35. The first-order valence-electron chi connectivity index (χ1n) is 10.5. The van der Waals surface area contributed by atoms with Crippen molar-refractivity contribution in [1.82, 2.24) is 10.8 Å². The molecule has 0 fully saturated rings. The molecule has 1 heterocycles. The number of amides is 2. The van der Waals surface area contributed by atoms with Crippen LogP contribution in [0.25, 0.3) is 0 Å². The molecule has 0 aliphatic heterocycles. The number of carbonyl (C=O) groups is 3. The van der Waals surface area contributed by atoms with Gasteiger partial charge in [0.2, 0.25) is 11.8 Å². The van der Waals surface area contributed by atoms with E-state index in [4.69, 9.17) is 4.74 Å². The molecule has 1 rings (SSSR count). The molecule has 0 unspecified atom stereocenters. The van der Waals surface area contributed by atoms with E-state index in [1.165, 1.54) is 11.8 Å². The van der Waals surface area contributed by atoms with E-state index >= 15 is 0 Å². The third-order valence-corrected chi connectivity index (χ3v) is 6.89. The van der Waals surface area contributed by atoms with Crippen molar-refractivity contribution in [3.8, 4) is 0 Å². The average Bonchev–Trinajstić information content (AvgIpc) is 3.16. The maximum atomic E-state index is 13.4. The van der Waals surface area contributed by atoms with Crippen LogP contribution in [0.4, 0.5) is 0 Å². The van der Waals surface area contributed by atoms with Gasteiger partial charge in [0.25, 0.3) is 0 Å². The van der Waals surface area contributed by atoms with Crippen molar-refractivity contribution in [2.24, 2.45) is 23.2 Å². The van der Waals surface area contributed by atoms with Gasteiger partial charge in [0.05, 0.1) is 22.1 Å². The second kappa shape index (κ2) is 12.5. The Labute approximate surface area is 193 Å². The van der Waals surface area contributed by atoms with E-state index in [1.54, 1.807) is 30.7 Å². The normalized spacial score (nSPS) is 14.8. The molecule has 2 amide bonds. The van der Waals surface area contributed by atoms with Crippen molar-refractivity contribution in [3.05, 3.63) is 17.5 Å². The van der Waals surface area contributed by atoms with Crippen LogP contribution in [0.1, 0.15) is 54.9 Å². The van der Waals surface area contributed by atoms with Crippen LogP contribution in [0.5, 0.6) is 0 Å². The van der Waals surface area contributed by atoms with E-state index in [0.29, 0.717) is 12.2 Å². The number of hydroxylamine groups is 1. The summed E-state index contributed by atoms with van der Waals surface area (Å²) >= 11 is 3.01. The Hall–Kier alpha value is -1.58. The minimum absolute atomic E-state index is 0.132. The van der Waals surface area contributed by atoms with Crippen LogP contribution in [-0.4, -0.2) is 40.9 Å². The molecule has 0 spiro atoms. The van der Waals surface area contributed by atoms with Gasteiger partial charge in [0.15, 0.2) is 0 Å². The largest absolute Gasteiger partial charge is 0.461 e. The van der Waals surface area contributed by atoms with Crippen LogP contribution in [0.3, 0.4) is 0 Å². The third-order valence-electron chi connectivity index (χ3n) is 4.64. The predicted octanol–water partition coefficient (Wildman–Crippen LogP) is 4.11. The molecule has 3 atom stereocenters. The van der Waals surface area contributed by atoms with Gasteiger partial charge in [0, 0.05) is 5.75 Å². The summed E-state index contributed by atoms with van der Waals surface area (Å²) < 4.78 is 6.37. The minimum Gasteiger partial charge on any atom is -0.461 e. The number of esters is 1. The third kappa shape index (κ3) is 9.21. The minimum atomic E-state index is -0.861. The van der Waals surface area contributed by atoms with Gasteiger partial charge in [-0.15, -0.1) is 23.1 Å². The lowest BCUT2D eigenvalue weighted by molar-refractivity contribution is -0.155. The van der Waals surface area contributed by atoms with Crippen LogP contribution in [0.15, 0.2) is 21.7 Å². The zero-order chi connectivity index (χ0) is 23.8. The lowest BCUT2D eigenvalue weighted by atomic mass is 9.82. The van der Waals surface area contributed by atoms with Gasteiger partial charge in [0.1, 0.15) is 6.04 Å². The summed E-state index contributed by atoms with van der Waals surface area (Å²) in [5, 5.41) is 14.1. The summed E-state index contributed by atoms with van der Waals surface area (Å²) in [4.78, 5) is 38.5. The number of thiophene rings is 1. The van der Waals surface area contributed by atoms with E-state index in [9.17, 15) is 19.6 Å². The monoisotopic (exact) mass is 472 g/mol. The zero-order valence-electron chi connectivity index (χ0n) is 19.4. The molecule has 31 heavy (non-hydrogen) atoms. The van der Waals surface area contributed by atoms with Crippen LogP contribution in [0.2, 0.25) is 0 Å². The number of rotatable bonds is 11. The Morgan fingerprint density at radius 1 is 1.13 bits per heavy atom. The molecule has 9 heteroatoms. The van der Waals surface area contributed by atoms with Gasteiger partial charge >= 0.3 is 5.97 Å². The second-order valence-corrected chi connectivity index (χ2v) is 11.6. The van der Waals surface area contributed by atoms with Crippen molar-refractivity contribution in [1.29, 1.82) is 0 Å². The highest BCUT2D eigenvalue weighted by atomic mass is 32.2. The van der Waals surface area contributed by atoms with Gasteiger partial charge in [-0.3, -0.25) is 14.8 Å². The smallest absolute Gasteiger partial charge is 0.329 e. The molecule has 176 valence electrons. The maximum Gasteiger partial charge on any atom is 0.329 e. The lowest BCUT2D eigenvalue weighted by Crippen LogP contribution is -2.54. The molecule has 0 bridgehead atoms. The topological polar surface area (TPSA) is 105 Å². The Kier molecular flexibility index (Phi) is 11.0. The average molecular weight is 473 g/mol. The standard InChI is InChI=1S/C22H36N2O5S2/c1-13(2)11-15(16(20(26)24-28)12-31-17-9-8-10-30-17)19(25)23-18(22(5,6)7)21(27)29-14(3)4/h8-10,13-16,18,28H,11-12H2,1-7H3,(H,23,25)(H,24,26)/t15-,16+,18-/m1/s1. The van der Waals surface area contributed by atoms with E-state index in [-0.39, 0.29) is 12.0 Å². The van der Waals surface area contributed by atoms with Gasteiger partial charge in [-0.05, 0) is 43.0 Å². The predicted molar refractivity (Wildman–Crippen MR) is 124 cm³/mol. The van der Waals surface area contributed by atoms with Gasteiger partial charge < -0.3 is 10.1 Å². The highest BCUT2D eigenvalue weighted by Gasteiger charge is 2.40. The quantitative estimate of drug-likeness (QED) is 0.194. The molecule has 0 aliphatic rings. The number of carbonyl (C=O) groups excluding carboxylic acids is 3. The van der Waals surface area contributed by atoms with Crippen molar-refractivity contribution < 1.29 is 24.3 Å². The molecule has 1 aromatic heterocycles. The van der Waals surface area contributed by atoms with Crippen molar-refractivity contribution >= 4 is 40.9 Å². The number of ether oxygens (including phenoxy) is 1. The van der Waals surface area contributed by atoms with E-state index in [2.05, 4.69) is 5.32 Å². The van der Waals surface area contributed by atoms with Crippen molar-refractivity contribution in [3.63, 3.8) is 0 Å². The Bertz CT molecular complexity index is 714. The Morgan fingerprint density at radius 2 is 1.77 bits per heavy atom. The molecule has 0 saturated heterocycles. The maximum absolute atomic E-state index is 13.4. The molecule has 0 saturated carbocycles. The fraction of sp³-hybridized carbons (Fsp3) is 0.682. The molecule has 0 radical (unpaired) electrons. The fourth-order valence-corrected chi connectivity index (χ4v) is 5.11. The highest BCUT2D eigenvalue weighted by Crippen LogP contribution is 2.31. The lowest BCUT2D eigenvalue weighted by Gasteiger charge is -2.33. The molecule has 0 aromatic carbocycles. The van der Waals surface area contributed by atoms with E-state index < -0.39 is 41.1 Å². The molecular weight excluding hydrogens is 436 g/mol. The zero-order valence-corrected chi connectivity index (χ0v) is 21.1. The van der Waals surface area contributed by atoms with Crippen molar-refractivity contribution in [2.45, 2.75) is 71.2 Å². The first kappa shape index (κ1) is 27.5. The van der Waals surface area contributed by atoms with Gasteiger partial charge in [-0.25, -0.2) is 10.3 Å². The summed E-state index contributed by atoms with van der Waals surface area (Å²) in [6, 6.07) is 3.00. The molecule has 0 aliphatic carbocycles. The highest BCUT2D eigenvalue weighted by molar-refractivity contribution is 8.01.